The Labute approximate surface area is 198 Å². The van der Waals surface area contributed by atoms with E-state index in [1.165, 1.54) is 11.8 Å². The van der Waals surface area contributed by atoms with E-state index in [4.69, 9.17) is 17.2 Å². The van der Waals surface area contributed by atoms with Gasteiger partial charge in [0.25, 0.3) is 11.5 Å². The van der Waals surface area contributed by atoms with Gasteiger partial charge in [-0.15, -0.1) is 0 Å². The third-order valence-electron chi connectivity index (χ3n) is 5.99. The van der Waals surface area contributed by atoms with Crippen molar-refractivity contribution >= 4 is 51.7 Å². The summed E-state index contributed by atoms with van der Waals surface area (Å²) in [7, 11) is 0. The number of unbranched alkanes of at least 4 members (excludes halogenated alkanes) is 1. The summed E-state index contributed by atoms with van der Waals surface area (Å²) in [6.45, 7) is 11.2. The van der Waals surface area contributed by atoms with Gasteiger partial charge >= 0.3 is 0 Å². The molecule has 32 heavy (non-hydrogen) atoms. The molecule has 0 atom stereocenters. The lowest BCUT2D eigenvalue weighted by molar-refractivity contribution is -0.122. The zero-order valence-electron chi connectivity index (χ0n) is 18.8. The van der Waals surface area contributed by atoms with Gasteiger partial charge in [-0.3, -0.25) is 18.9 Å². The topological polar surface area (TPSA) is 61.2 Å². The van der Waals surface area contributed by atoms with Crippen molar-refractivity contribution in [2.45, 2.75) is 33.6 Å². The summed E-state index contributed by atoms with van der Waals surface area (Å²) >= 11 is 6.72. The van der Waals surface area contributed by atoms with E-state index < -0.39 is 0 Å². The molecule has 1 amide bonds. The Morgan fingerprint density at radius 2 is 1.91 bits per heavy atom. The van der Waals surface area contributed by atoms with Crippen LogP contribution in [-0.4, -0.2) is 68.7 Å². The predicted molar refractivity (Wildman–Crippen MR) is 135 cm³/mol. The van der Waals surface area contributed by atoms with Crippen LogP contribution in [0, 0.1) is 6.92 Å². The van der Waals surface area contributed by atoms with Crippen LogP contribution in [0.1, 0.15) is 37.8 Å². The molecule has 0 bridgehead atoms. The maximum atomic E-state index is 13.6. The molecule has 4 heterocycles. The quantitative estimate of drug-likeness (QED) is 0.474. The highest BCUT2D eigenvalue weighted by Crippen LogP contribution is 2.33. The number of anilines is 1. The van der Waals surface area contributed by atoms with E-state index in [0.717, 1.165) is 51.1 Å². The lowest BCUT2D eigenvalue weighted by atomic mass is 10.2. The Morgan fingerprint density at radius 3 is 2.59 bits per heavy atom. The fourth-order valence-electron chi connectivity index (χ4n) is 4.03. The van der Waals surface area contributed by atoms with Crippen molar-refractivity contribution in [2.75, 3.05) is 44.2 Å². The van der Waals surface area contributed by atoms with E-state index in [1.807, 2.05) is 19.1 Å². The number of piperazine rings is 1. The summed E-state index contributed by atoms with van der Waals surface area (Å²) < 4.78 is 2.13. The molecule has 0 saturated carbocycles. The highest BCUT2D eigenvalue weighted by atomic mass is 32.2. The van der Waals surface area contributed by atoms with Gasteiger partial charge < -0.3 is 9.80 Å². The van der Waals surface area contributed by atoms with Crippen LogP contribution in [0.2, 0.25) is 0 Å². The molecule has 2 aromatic heterocycles. The molecule has 7 nitrogen and oxygen atoms in total. The molecule has 0 spiro atoms. The first kappa shape index (κ1) is 22.9. The number of aromatic nitrogens is 2. The Kier molecular flexibility index (Phi) is 6.97. The van der Waals surface area contributed by atoms with E-state index in [0.29, 0.717) is 32.8 Å². The van der Waals surface area contributed by atoms with Crippen molar-refractivity contribution in [3.05, 3.63) is 44.7 Å². The third-order valence-corrected chi connectivity index (χ3v) is 7.37. The average molecular weight is 472 g/mol. The second-order valence-corrected chi connectivity index (χ2v) is 9.87. The monoisotopic (exact) mass is 471 g/mol. The van der Waals surface area contributed by atoms with E-state index in [-0.39, 0.29) is 11.5 Å². The predicted octanol–water partition coefficient (Wildman–Crippen LogP) is 3.15. The Balaban J connectivity index is 1.79. The smallest absolute Gasteiger partial charge is 0.267 e. The number of aryl methyl sites for hydroxylation is 1. The highest BCUT2D eigenvalue weighted by molar-refractivity contribution is 8.26. The van der Waals surface area contributed by atoms with Crippen LogP contribution in [0.4, 0.5) is 5.82 Å². The summed E-state index contributed by atoms with van der Waals surface area (Å²) in [6, 6.07) is 3.83. The Hall–Kier alpha value is -2.23. The number of thioether (sulfide) groups is 1. The van der Waals surface area contributed by atoms with E-state index in [1.54, 1.807) is 21.6 Å². The maximum absolute atomic E-state index is 13.6. The van der Waals surface area contributed by atoms with Gasteiger partial charge in [-0.05, 0) is 37.6 Å². The number of amides is 1. The van der Waals surface area contributed by atoms with Crippen LogP contribution >= 0.6 is 24.0 Å². The van der Waals surface area contributed by atoms with E-state index >= 15 is 0 Å². The molecule has 2 saturated heterocycles. The molecule has 2 aliphatic heterocycles. The summed E-state index contributed by atoms with van der Waals surface area (Å²) in [5.74, 6) is 0.525. The zero-order valence-corrected chi connectivity index (χ0v) is 20.5. The fourth-order valence-corrected chi connectivity index (χ4v) is 5.32. The molecule has 0 radical (unpaired) electrons. The lowest BCUT2D eigenvalue weighted by Crippen LogP contribution is -2.47. The van der Waals surface area contributed by atoms with Gasteiger partial charge in [0, 0.05) is 38.9 Å². The van der Waals surface area contributed by atoms with Crippen molar-refractivity contribution in [1.82, 2.24) is 19.2 Å². The standard InChI is InChI=1S/C23H29N5O2S2/c1-4-6-9-27-22(30)18(32-23(27)31)14-17-20(26-12-10-25(5-2)11-13-26)24-19-8-7-16(3)15-28(19)21(17)29/h7-8,14-15H,4-6,9-13H2,1-3H3/b18-14-. The van der Waals surface area contributed by atoms with Crippen LogP contribution < -0.4 is 10.5 Å². The molecule has 4 rings (SSSR count). The molecular weight excluding hydrogens is 442 g/mol. The molecular formula is C23H29N5O2S2. The number of carbonyl (C=O) groups excluding carboxylic acids is 1. The van der Waals surface area contributed by atoms with Gasteiger partial charge in [-0.1, -0.05) is 50.3 Å². The van der Waals surface area contributed by atoms with Crippen LogP contribution in [0.5, 0.6) is 0 Å². The number of fused-ring (bicyclic) bond motifs is 1. The number of thiocarbonyl (C=S) groups is 1. The minimum Gasteiger partial charge on any atom is -0.353 e. The molecule has 0 unspecified atom stereocenters. The van der Waals surface area contributed by atoms with Gasteiger partial charge in [-0.2, -0.15) is 0 Å². The van der Waals surface area contributed by atoms with Crippen molar-refractivity contribution in [2.24, 2.45) is 0 Å². The SMILES string of the molecule is CCCCN1C(=O)/C(=C/c2c(N3CCN(CC)CC3)nc3ccc(C)cn3c2=O)SC1=S. The number of rotatable bonds is 6. The molecule has 2 aliphatic rings. The second-order valence-electron chi connectivity index (χ2n) is 8.20. The Bertz CT molecular complexity index is 1140. The lowest BCUT2D eigenvalue weighted by Gasteiger charge is -2.35. The number of carbonyl (C=O) groups is 1. The number of hydrogen-bond acceptors (Lipinski definition) is 7. The number of nitrogens with zero attached hydrogens (tertiary/aromatic N) is 5. The van der Waals surface area contributed by atoms with Crippen LogP contribution in [0.15, 0.2) is 28.0 Å². The van der Waals surface area contributed by atoms with Gasteiger partial charge in [0.2, 0.25) is 0 Å². The summed E-state index contributed by atoms with van der Waals surface area (Å²) in [6.07, 6.45) is 5.38. The van der Waals surface area contributed by atoms with Gasteiger partial charge in [0.05, 0.1) is 10.5 Å². The van der Waals surface area contributed by atoms with Crippen molar-refractivity contribution in [1.29, 1.82) is 0 Å². The van der Waals surface area contributed by atoms with Gasteiger partial charge in [0.15, 0.2) is 0 Å². The molecule has 0 aliphatic carbocycles. The second kappa shape index (κ2) is 9.72. The maximum Gasteiger partial charge on any atom is 0.267 e. The third kappa shape index (κ3) is 4.46. The summed E-state index contributed by atoms with van der Waals surface area (Å²) in [5, 5.41) is 0. The minimum absolute atomic E-state index is 0.121. The zero-order chi connectivity index (χ0) is 22.8. The van der Waals surface area contributed by atoms with Crippen LogP contribution in [0.3, 0.4) is 0 Å². The molecule has 2 fully saturated rings. The van der Waals surface area contributed by atoms with Crippen LogP contribution in [-0.2, 0) is 4.79 Å². The first-order valence-electron chi connectivity index (χ1n) is 11.2. The number of hydrogen-bond donors (Lipinski definition) is 0. The number of pyridine rings is 1. The fraction of sp³-hybridized carbons (Fsp3) is 0.478. The average Bonchev–Trinajstić information content (AvgIpc) is 3.06. The van der Waals surface area contributed by atoms with Crippen molar-refractivity contribution in [3.63, 3.8) is 0 Å². The molecule has 2 aromatic rings. The van der Waals surface area contributed by atoms with Crippen molar-refractivity contribution < 1.29 is 4.79 Å². The minimum atomic E-state index is -0.162. The first-order valence-corrected chi connectivity index (χ1v) is 12.4. The van der Waals surface area contributed by atoms with Crippen molar-refractivity contribution in [3.8, 4) is 0 Å². The summed E-state index contributed by atoms with van der Waals surface area (Å²) in [5.41, 5.74) is 1.88. The molecule has 170 valence electrons. The van der Waals surface area contributed by atoms with Crippen LogP contribution in [0.25, 0.3) is 11.7 Å². The normalized spacial score (nSPS) is 19.0. The van der Waals surface area contributed by atoms with E-state index in [2.05, 4.69) is 23.6 Å². The largest absolute Gasteiger partial charge is 0.353 e. The van der Waals surface area contributed by atoms with Gasteiger partial charge in [0.1, 0.15) is 15.8 Å². The summed E-state index contributed by atoms with van der Waals surface area (Å²) in [4.78, 5) is 38.1. The van der Waals surface area contributed by atoms with E-state index in [9.17, 15) is 9.59 Å². The molecule has 9 heteroatoms. The number of likely N-dealkylation sites (N-methyl/N-ethyl adjacent to an activating group) is 1. The van der Waals surface area contributed by atoms with Gasteiger partial charge in [-0.25, -0.2) is 4.98 Å². The Morgan fingerprint density at radius 1 is 1.16 bits per heavy atom. The molecule has 0 aromatic carbocycles. The highest BCUT2D eigenvalue weighted by Gasteiger charge is 2.32. The first-order chi connectivity index (χ1) is 15.4. The molecule has 0 N–H and O–H groups in total.